The monoisotopic (exact) mass is 449 g/mol. The Balaban J connectivity index is 1.66. The molecular weight excluding hydrogens is 422 g/mol. The number of carboxylic acids is 1. The predicted molar refractivity (Wildman–Crippen MR) is 117 cm³/mol. The van der Waals surface area contributed by atoms with Gasteiger partial charge in [0.1, 0.15) is 18.0 Å². The lowest BCUT2D eigenvalue weighted by Gasteiger charge is -2.35. The molecule has 0 amide bonds. The Morgan fingerprint density at radius 2 is 1.74 bits per heavy atom. The Bertz CT molecular complexity index is 1020. The molecule has 168 valence electrons. The van der Waals surface area contributed by atoms with E-state index in [2.05, 4.69) is 5.32 Å². The number of nitrogens with zero attached hydrogens (tertiary/aromatic N) is 2. The molecule has 2 aromatic rings. The topological polar surface area (TPSA) is 119 Å². The third-order valence-electron chi connectivity index (χ3n) is 4.85. The summed E-state index contributed by atoms with van der Waals surface area (Å²) in [6, 6.07) is 11.3. The first-order valence-electron chi connectivity index (χ1n) is 9.97. The highest BCUT2D eigenvalue weighted by molar-refractivity contribution is 7.89. The van der Waals surface area contributed by atoms with Gasteiger partial charge < -0.3 is 25.2 Å². The normalized spacial score (nSPS) is 15.1. The summed E-state index contributed by atoms with van der Waals surface area (Å²) in [4.78, 5) is 13.0. The Labute approximate surface area is 181 Å². The van der Waals surface area contributed by atoms with Gasteiger partial charge in [0.2, 0.25) is 10.0 Å². The fourth-order valence-electron chi connectivity index (χ4n) is 3.33. The summed E-state index contributed by atoms with van der Waals surface area (Å²) in [7, 11) is -3.61. The Kier molecular flexibility index (Phi) is 6.91. The van der Waals surface area contributed by atoms with Crippen LogP contribution in [0.3, 0.4) is 0 Å². The number of rotatable bonds is 8. The van der Waals surface area contributed by atoms with Crippen molar-refractivity contribution < 1.29 is 28.2 Å². The van der Waals surface area contributed by atoms with Gasteiger partial charge in [-0.3, -0.25) is 4.79 Å². The standard InChI is InChI=1S/C21H27N3O6S/c1-15(2)30-17-4-6-18(7-5-17)31(28,29)24-11-9-23(10-12-24)16-3-8-20(25)19(13-16)22-14-21(26)27/h3-8,13,15,22,25H,9-12,14H2,1-2H3,(H,26,27). The van der Waals surface area contributed by atoms with Crippen LogP contribution in [0.2, 0.25) is 0 Å². The van der Waals surface area contributed by atoms with E-state index < -0.39 is 16.0 Å². The Hall–Kier alpha value is -2.98. The number of sulfonamides is 1. The molecule has 0 unspecified atom stereocenters. The SMILES string of the molecule is CC(C)Oc1ccc(S(=O)(=O)N2CCN(c3ccc(O)c(NCC(=O)O)c3)CC2)cc1. The van der Waals surface area contributed by atoms with Crippen molar-refractivity contribution in [3.8, 4) is 11.5 Å². The van der Waals surface area contributed by atoms with Crippen molar-refractivity contribution in [1.82, 2.24) is 4.31 Å². The molecule has 0 aliphatic carbocycles. The summed E-state index contributed by atoms with van der Waals surface area (Å²) >= 11 is 0. The molecular formula is C21H27N3O6S. The van der Waals surface area contributed by atoms with Crippen LogP contribution in [0.5, 0.6) is 11.5 Å². The van der Waals surface area contributed by atoms with Gasteiger partial charge in [0.05, 0.1) is 16.7 Å². The van der Waals surface area contributed by atoms with Crippen LogP contribution in [0.15, 0.2) is 47.4 Å². The smallest absolute Gasteiger partial charge is 0.322 e. The lowest BCUT2D eigenvalue weighted by atomic mass is 10.2. The molecule has 1 saturated heterocycles. The first kappa shape index (κ1) is 22.7. The summed E-state index contributed by atoms with van der Waals surface area (Å²) in [5.41, 5.74) is 1.09. The van der Waals surface area contributed by atoms with Crippen LogP contribution in [0.25, 0.3) is 0 Å². The van der Waals surface area contributed by atoms with E-state index in [1.807, 2.05) is 18.7 Å². The average Bonchev–Trinajstić information content (AvgIpc) is 2.73. The highest BCUT2D eigenvalue weighted by atomic mass is 32.2. The van der Waals surface area contributed by atoms with Gasteiger partial charge in [-0.1, -0.05) is 0 Å². The van der Waals surface area contributed by atoms with Gasteiger partial charge in [-0.15, -0.1) is 0 Å². The zero-order chi connectivity index (χ0) is 22.6. The number of phenolic OH excluding ortho intramolecular Hbond substituents is 1. The van der Waals surface area contributed by atoms with Gasteiger partial charge in [0.25, 0.3) is 0 Å². The molecule has 1 heterocycles. The quantitative estimate of drug-likeness (QED) is 0.525. The second-order valence-electron chi connectivity index (χ2n) is 7.48. The molecule has 0 saturated carbocycles. The second kappa shape index (κ2) is 9.44. The van der Waals surface area contributed by atoms with Crippen molar-refractivity contribution >= 4 is 27.4 Å². The van der Waals surface area contributed by atoms with Crippen LogP contribution in [0.4, 0.5) is 11.4 Å². The van der Waals surface area contributed by atoms with E-state index in [4.69, 9.17) is 9.84 Å². The zero-order valence-electron chi connectivity index (χ0n) is 17.5. The molecule has 10 heteroatoms. The van der Waals surface area contributed by atoms with Crippen molar-refractivity contribution in [2.45, 2.75) is 24.8 Å². The number of aliphatic carboxylic acids is 1. The molecule has 31 heavy (non-hydrogen) atoms. The van der Waals surface area contributed by atoms with Crippen LogP contribution in [0, 0.1) is 0 Å². The zero-order valence-corrected chi connectivity index (χ0v) is 18.3. The van der Waals surface area contributed by atoms with E-state index in [9.17, 15) is 18.3 Å². The van der Waals surface area contributed by atoms with Crippen molar-refractivity contribution in [2.24, 2.45) is 0 Å². The molecule has 1 aliphatic heterocycles. The number of aromatic hydroxyl groups is 1. The number of benzene rings is 2. The first-order valence-corrected chi connectivity index (χ1v) is 11.4. The van der Waals surface area contributed by atoms with Crippen molar-refractivity contribution in [2.75, 3.05) is 42.9 Å². The molecule has 3 N–H and O–H groups in total. The second-order valence-corrected chi connectivity index (χ2v) is 9.42. The maximum absolute atomic E-state index is 13.0. The van der Waals surface area contributed by atoms with Crippen LogP contribution in [0.1, 0.15) is 13.8 Å². The van der Waals surface area contributed by atoms with Gasteiger partial charge >= 0.3 is 5.97 Å². The summed E-state index contributed by atoms with van der Waals surface area (Å²) in [5, 5.41) is 21.4. The molecule has 0 atom stereocenters. The van der Waals surface area contributed by atoms with E-state index in [0.29, 0.717) is 37.6 Å². The maximum Gasteiger partial charge on any atom is 0.322 e. The number of phenols is 1. The number of nitrogens with one attached hydrogen (secondary N) is 1. The number of piperazine rings is 1. The number of hydrogen-bond acceptors (Lipinski definition) is 7. The van der Waals surface area contributed by atoms with Crippen LogP contribution < -0.4 is 15.0 Å². The van der Waals surface area contributed by atoms with Crippen molar-refractivity contribution in [1.29, 1.82) is 0 Å². The number of anilines is 2. The van der Waals surface area contributed by atoms with Gasteiger partial charge in [-0.2, -0.15) is 4.31 Å². The molecule has 0 radical (unpaired) electrons. The van der Waals surface area contributed by atoms with Gasteiger partial charge in [-0.05, 0) is 56.3 Å². The van der Waals surface area contributed by atoms with E-state index >= 15 is 0 Å². The van der Waals surface area contributed by atoms with Gasteiger partial charge in [-0.25, -0.2) is 8.42 Å². The molecule has 0 bridgehead atoms. The maximum atomic E-state index is 13.0. The van der Waals surface area contributed by atoms with Crippen LogP contribution in [-0.4, -0.2) is 67.7 Å². The fraction of sp³-hybridized carbons (Fsp3) is 0.381. The Morgan fingerprint density at radius 1 is 1.10 bits per heavy atom. The highest BCUT2D eigenvalue weighted by Crippen LogP contribution is 2.30. The molecule has 0 aromatic heterocycles. The van der Waals surface area contributed by atoms with Gasteiger partial charge in [0.15, 0.2) is 0 Å². The summed E-state index contributed by atoms with van der Waals surface area (Å²) in [6.45, 7) is 5.06. The first-order chi connectivity index (χ1) is 14.7. The Morgan fingerprint density at radius 3 is 2.32 bits per heavy atom. The van der Waals surface area contributed by atoms with E-state index in [1.54, 1.807) is 36.4 Å². The highest BCUT2D eigenvalue weighted by Gasteiger charge is 2.28. The van der Waals surface area contributed by atoms with E-state index in [1.165, 1.54) is 10.4 Å². The van der Waals surface area contributed by atoms with Gasteiger partial charge in [0, 0.05) is 31.9 Å². The van der Waals surface area contributed by atoms with Crippen LogP contribution >= 0.6 is 0 Å². The third-order valence-corrected chi connectivity index (χ3v) is 6.76. The lowest BCUT2D eigenvalue weighted by molar-refractivity contribution is -0.134. The molecule has 2 aromatic carbocycles. The third kappa shape index (κ3) is 5.59. The number of ether oxygens (including phenoxy) is 1. The minimum Gasteiger partial charge on any atom is -0.506 e. The fourth-order valence-corrected chi connectivity index (χ4v) is 4.75. The molecule has 1 aliphatic rings. The summed E-state index contributed by atoms with van der Waals surface area (Å²) < 4.78 is 33.0. The summed E-state index contributed by atoms with van der Waals surface area (Å²) in [5.74, 6) is -0.457. The van der Waals surface area contributed by atoms with E-state index in [0.717, 1.165) is 5.69 Å². The van der Waals surface area contributed by atoms with Crippen molar-refractivity contribution in [3.05, 3.63) is 42.5 Å². The number of hydrogen-bond donors (Lipinski definition) is 3. The van der Waals surface area contributed by atoms with Crippen molar-refractivity contribution in [3.63, 3.8) is 0 Å². The molecule has 9 nitrogen and oxygen atoms in total. The number of carbonyl (C=O) groups is 1. The molecule has 1 fully saturated rings. The minimum atomic E-state index is -3.61. The minimum absolute atomic E-state index is 0.00952. The lowest BCUT2D eigenvalue weighted by Crippen LogP contribution is -2.48. The summed E-state index contributed by atoms with van der Waals surface area (Å²) in [6.07, 6.45) is 0.00952. The average molecular weight is 450 g/mol. The predicted octanol–water partition coefficient (Wildman–Crippen LogP) is 2.19. The molecule has 0 spiro atoms. The van der Waals surface area contributed by atoms with E-state index in [-0.39, 0.29) is 23.3 Å². The number of carboxylic acid groups (broad SMARTS) is 1. The van der Waals surface area contributed by atoms with Crippen LogP contribution in [-0.2, 0) is 14.8 Å². The molecule has 3 rings (SSSR count). The largest absolute Gasteiger partial charge is 0.506 e.